The predicted molar refractivity (Wildman–Crippen MR) is 102 cm³/mol. The van der Waals surface area contributed by atoms with Crippen LogP contribution in [0.15, 0.2) is 17.3 Å². The monoisotopic (exact) mass is 433 g/mol. The van der Waals surface area contributed by atoms with Crippen molar-refractivity contribution in [2.45, 2.75) is 45.9 Å². The van der Waals surface area contributed by atoms with Crippen LogP contribution in [-0.4, -0.2) is 41.0 Å². The first-order chi connectivity index (χ1) is 10.5. The minimum atomic E-state index is 0. The van der Waals surface area contributed by atoms with Crippen LogP contribution >= 0.6 is 24.0 Å². The van der Waals surface area contributed by atoms with Gasteiger partial charge in [0, 0.05) is 43.8 Å². The number of hydrogen-bond acceptors (Lipinski definition) is 3. The molecule has 2 aliphatic rings. The minimum absolute atomic E-state index is 0. The van der Waals surface area contributed by atoms with Crippen molar-refractivity contribution in [3.05, 3.63) is 18.0 Å². The Hall–Kier alpha value is -0.830. The lowest BCUT2D eigenvalue weighted by molar-refractivity contribution is -0.106. The second-order valence-electron chi connectivity index (χ2n) is 6.83. The molecule has 1 aliphatic heterocycles. The molecule has 1 aliphatic carbocycles. The molecule has 2 heterocycles. The van der Waals surface area contributed by atoms with Crippen molar-refractivity contribution in [2.75, 3.05) is 13.2 Å². The Morgan fingerprint density at radius 3 is 2.96 bits per heavy atom. The van der Waals surface area contributed by atoms with E-state index in [0.717, 1.165) is 31.2 Å². The van der Waals surface area contributed by atoms with Gasteiger partial charge in [-0.05, 0) is 19.4 Å². The van der Waals surface area contributed by atoms with Crippen molar-refractivity contribution in [1.82, 2.24) is 20.4 Å². The van der Waals surface area contributed by atoms with Gasteiger partial charge in [0.2, 0.25) is 0 Å². The van der Waals surface area contributed by atoms with Gasteiger partial charge in [0.25, 0.3) is 0 Å². The lowest BCUT2D eigenvalue weighted by Gasteiger charge is -2.54. The molecule has 7 heteroatoms. The molecule has 0 radical (unpaired) electrons. The molecule has 0 aromatic carbocycles. The predicted octanol–water partition coefficient (Wildman–Crippen LogP) is 1.91. The van der Waals surface area contributed by atoms with Crippen LogP contribution in [0.5, 0.6) is 0 Å². The molecule has 0 amide bonds. The number of guanidine groups is 1. The molecule has 1 saturated carbocycles. The van der Waals surface area contributed by atoms with Crippen LogP contribution < -0.4 is 10.6 Å². The third kappa shape index (κ3) is 3.50. The van der Waals surface area contributed by atoms with E-state index in [1.807, 2.05) is 17.8 Å². The van der Waals surface area contributed by atoms with Crippen LogP contribution in [0.25, 0.3) is 0 Å². The number of nitrogens with one attached hydrogen (secondary N) is 2. The van der Waals surface area contributed by atoms with Crippen molar-refractivity contribution >= 4 is 29.9 Å². The van der Waals surface area contributed by atoms with Crippen molar-refractivity contribution in [1.29, 1.82) is 0 Å². The average Bonchev–Trinajstić information content (AvgIpc) is 3.09. The lowest BCUT2D eigenvalue weighted by Crippen LogP contribution is -2.67. The Morgan fingerprint density at radius 2 is 2.30 bits per heavy atom. The van der Waals surface area contributed by atoms with E-state index in [1.165, 1.54) is 0 Å². The van der Waals surface area contributed by atoms with Crippen LogP contribution in [0.2, 0.25) is 0 Å². The summed E-state index contributed by atoms with van der Waals surface area (Å²) < 4.78 is 7.72. The zero-order chi connectivity index (χ0) is 15.7. The zero-order valence-electron chi connectivity index (χ0n) is 14.4. The van der Waals surface area contributed by atoms with E-state index >= 15 is 0 Å². The summed E-state index contributed by atoms with van der Waals surface area (Å²) in [5.74, 6) is 1.49. The molecule has 1 saturated heterocycles. The minimum Gasteiger partial charge on any atom is -0.377 e. The number of fused-ring (bicyclic) bond motifs is 1. The van der Waals surface area contributed by atoms with Crippen LogP contribution in [0, 0.1) is 11.3 Å². The first kappa shape index (κ1) is 18.5. The highest BCUT2D eigenvalue weighted by Gasteiger charge is 2.59. The van der Waals surface area contributed by atoms with E-state index in [1.54, 1.807) is 6.20 Å². The zero-order valence-corrected chi connectivity index (χ0v) is 16.7. The molecule has 3 atom stereocenters. The summed E-state index contributed by atoms with van der Waals surface area (Å²) >= 11 is 0. The van der Waals surface area contributed by atoms with Gasteiger partial charge in [0.1, 0.15) is 0 Å². The molecule has 1 aromatic rings. The SMILES string of the molecule is CCNC(=NCc1ccnn1C)NC1C2CCOC2C1(C)C.I. The van der Waals surface area contributed by atoms with Gasteiger partial charge in [-0.25, -0.2) is 4.99 Å². The molecule has 0 bridgehead atoms. The van der Waals surface area contributed by atoms with Crippen LogP contribution in [0.3, 0.4) is 0 Å². The number of aromatic nitrogens is 2. The number of aryl methyl sites for hydroxylation is 1. The maximum Gasteiger partial charge on any atom is 0.191 e. The third-order valence-corrected chi connectivity index (χ3v) is 5.06. The average molecular weight is 433 g/mol. The number of nitrogens with zero attached hydrogens (tertiary/aromatic N) is 3. The van der Waals surface area contributed by atoms with Gasteiger partial charge in [-0.3, -0.25) is 4.68 Å². The summed E-state index contributed by atoms with van der Waals surface area (Å²) in [7, 11) is 1.95. The maximum atomic E-state index is 5.86. The van der Waals surface area contributed by atoms with Crippen LogP contribution in [-0.2, 0) is 18.3 Å². The largest absolute Gasteiger partial charge is 0.377 e. The standard InChI is InChI=1S/C16H27N5O.HI/c1-5-17-15(18-10-11-6-8-19-21(11)4)20-13-12-7-9-22-14(12)16(13,2)3;/h6,8,12-14H,5,7,9-10H2,1-4H3,(H2,17,18,20);1H. The Morgan fingerprint density at radius 1 is 1.52 bits per heavy atom. The summed E-state index contributed by atoms with van der Waals surface area (Å²) in [6.07, 6.45) is 3.35. The number of rotatable bonds is 4. The van der Waals surface area contributed by atoms with Gasteiger partial charge in [-0.2, -0.15) is 5.10 Å². The molecule has 23 heavy (non-hydrogen) atoms. The highest BCUT2D eigenvalue weighted by Crippen LogP contribution is 2.52. The molecule has 0 spiro atoms. The third-order valence-electron chi connectivity index (χ3n) is 5.06. The fourth-order valence-electron chi connectivity index (χ4n) is 3.80. The molecule has 6 nitrogen and oxygen atoms in total. The van der Waals surface area contributed by atoms with Crippen LogP contribution in [0.1, 0.15) is 32.9 Å². The number of halogens is 1. The lowest BCUT2D eigenvalue weighted by atomic mass is 9.57. The van der Waals surface area contributed by atoms with E-state index in [-0.39, 0.29) is 29.4 Å². The quantitative estimate of drug-likeness (QED) is 0.433. The normalized spacial score (nSPS) is 28.5. The fourth-order valence-corrected chi connectivity index (χ4v) is 3.80. The molecule has 2 N–H and O–H groups in total. The first-order valence-electron chi connectivity index (χ1n) is 8.17. The Balaban J connectivity index is 0.00000192. The van der Waals surface area contributed by atoms with Crippen molar-refractivity contribution in [3.8, 4) is 0 Å². The molecular weight excluding hydrogens is 405 g/mol. The second kappa shape index (κ2) is 7.38. The molecule has 3 rings (SSSR count). The highest BCUT2D eigenvalue weighted by molar-refractivity contribution is 14.0. The number of hydrogen-bond donors (Lipinski definition) is 2. The van der Waals surface area contributed by atoms with E-state index in [2.05, 4.69) is 36.5 Å². The number of aliphatic imine (C=N–C) groups is 1. The van der Waals surface area contributed by atoms with Gasteiger partial charge in [-0.1, -0.05) is 13.8 Å². The Bertz CT molecular complexity index is 556. The summed E-state index contributed by atoms with van der Waals surface area (Å²) in [6.45, 7) is 9.02. The smallest absolute Gasteiger partial charge is 0.191 e. The highest BCUT2D eigenvalue weighted by atomic mass is 127. The van der Waals surface area contributed by atoms with E-state index < -0.39 is 0 Å². The van der Waals surface area contributed by atoms with Gasteiger partial charge < -0.3 is 15.4 Å². The summed E-state index contributed by atoms with van der Waals surface area (Å²) in [6, 6.07) is 2.42. The van der Waals surface area contributed by atoms with Gasteiger partial charge in [0.05, 0.1) is 18.3 Å². The Labute approximate surface area is 155 Å². The first-order valence-corrected chi connectivity index (χ1v) is 8.17. The number of ether oxygens (including phenoxy) is 1. The van der Waals surface area contributed by atoms with Crippen molar-refractivity contribution < 1.29 is 4.74 Å². The van der Waals surface area contributed by atoms with Crippen molar-refractivity contribution in [2.24, 2.45) is 23.4 Å². The molecule has 2 fully saturated rings. The fraction of sp³-hybridized carbons (Fsp3) is 0.750. The van der Waals surface area contributed by atoms with Crippen molar-refractivity contribution in [3.63, 3.8) is 0 Å². The molecule has 3 unspecified atom stereocenters. The van der Waals surface area contributed by atoms with E-state index in [9.17, 15) is 0 Å². The molecular formula is C16H28IN5O. The van der Waals surface area contributed by atoms with E-state index in [0.29, 0.717) is 24.6 Å². The van der Waals surface area contributed by atoms with E-state index in [4.69, 9.17) is 9.73 Å². The van der Waals surface area contributed by atoms with Crippen LogP contribution in [0.4, 0.5) is 0 Å². The summed E-state index contributed by atoms with van der Waals surface area (Å²) in [4.78, 5) is 4.71. The Kier molecular flexibility index (Phi) is 5.94. The maximum absolute atomic E-state index is 5.86. The summed E-state index contributed by atoms with van der Waals surface area (Å²) in [5, 5.41) is 11.2. The van der Waals surface area contributed by atoms with Gasteiger partial charge in [0.15, 0.2) is 5.96 Å². The second-order valence-corrected chi connectivity index (χ2v) is 6.83. The van der Waals surface area contributed by atoms with Gasteiger partial charge >= 0.3 is 0 Å². The molecule has 130 valence electrons. The summed E-state index contributed by atoms with van der Waals surface area (Å²) in [5.41, 5.74) is 1.26. The van der Waals surface area contributed by atoms with Gasteiger partial charge in [-0.15, -0.1) is 24.0 Å². The molecule has 1 aromatic heterocycles. The topological polar surface area (TPSA) is 63.5 Å².